The fourth-order valence-corrected chi connectivity index (χ4v) is 2.08. The Morgan fingerprint density at radius 1 is 1.56 bits per heavy atom. The fourth-order valence-electron chi connectivity index (χ4n) is 1.58. The van der Waals surface area contributed by atoms with Crippen LogP contribution in [0.25, 0.3) is 0 Å². The van der Waals surface area contributed by atoms with Crippen LogP contribution in [0.3, 0.4) is 0 Å². The molecule has 0 aromatic carbocycles. The van der Waals surface area contributed by atoms with Crippen LogP contribution < -0.4 is 5.32 Å². The maximum Gasteiger partial charge on any atom is 0.169 e. The highest BCUT2D eigenvalue weighted by molar-refractivity contribution is 7.07. The Labute approximate surface area is 101 Å². The number of carbonyl (C=O) groups is 1. The van der Waals surface area contributed by atoms with Gasteiger partial charge in [0, 0.05) is 11.4 Å². The maximum absolute atomic E-state index is 9.81. The predicted molar refractivity (Wildman–Crippen MR) is 67.1 cm³/mol. The van der Waals surface area contributed by atoms with Crippen LogP contribution in [-0.2, 0) is 0 Å². The molecule has 2 rings (SSSR count). The maximum atomic E-state index is 9.81. The number of thiazole rings is 1. The topological polar surface area (TPSA) is 45.2 Å². The van der Waals surface area contributed by atoms with Crippen molar-refractivity contribution in [2.75, 3.05) is 27.2 Å². The SMILES string of the molecule is CNC1CCN(C)CC1.O=Cc1cscn1. The number of aromatic nitrogens is 1. The number of rotatable bonds is 2. The summed E-state index contributed by atoms with van der Waals surface area (Å²) in [5, 5.41) is 5.00. The third kappa shape index (κ3) is 4.83. The second kappa shape index (κ2) is 7.49. The van der Waals surface area contributed by atoms with E-state index in [4.69, 9.17) is 0 Å². The minimum Gasteiger partial charge on any atom is -0.317 e. The highest BCUT2D eigenvalue weighted by Gasteiger charge is 2.13. The largest absolute Gasteiger partial charge is 0.317 e. The third-order valence-corrected chi connectivity index (χ3v) is 3.30. The van der Waals surface area contributed by atoms with Gasteiger partial charge in [0.1, 0.15) is 5.69 Å². The molecule has 1 aromatic rings. The Bertz CT molecular complexity index is 281. The van der Waals surface area contributed by atoms with Crippen LogP contribution in [0.15, 0.2) is 10.9 Å². The van der Waals surface area contributed by atoms with Crippen molar-refractivity contribution in [1.82, 2.24) is 15.2 Å². The average Bonchev–Trinajstić information content (AvgIpc) is 2.84. The summed E-state index contributed by atoms with van der Waals surface area (Å²) in [6, 6.07) is 0.779. The van der Waals surface area contributed by atoms with Gasteiger partial charge in [0.15, 0.2) is 6.29 Å². The summed E-state index contributed by atoms with van der Waals surface area (Å²) in [6.07, 6.45) is 3.36. The molecule has 0 spiro atoms. The molecule has 0 bridgehead atoms. The van der Waals surface area contributed by atoms with E-state index >= 15 is 0 Å². The Morgan fingerprint density at radius 3 is 2.62 bits per heavy atom. The van der Waals surface area contributed by atoms with Crippen LogP contribution in [0, 0.1) is 0 Å². The normalized spacial score (nSPS) is 17.6. The average molecular weight is 241 g/mol. The van der Waals surface area contributed by atoms with Gasteiger partial charge in [-0.15, -0.1) is 11.3 Å². The van der Waals surface area contributed by atoms with Gasteiger partial charge in [-0.2, -0.15) is 0 Å². The number of carbonyl (C=O) groups excluding carboxylic acids is 1. The molecule has 1 aromatic heterocycles. The van der Waals surface area contributed by atoms with Gasteiger partial charge in [0.25, 0.3) is 0 Å². The number of nitrogens with one attached hydrogen (secondary N) is 1. The summed E-state index contributed by atoms with van der Waals surface area (Å²) in [6.45, 7) is 2.51. The van der Waals surface area contributed by atoms with E-state index in [0.29, 0.717) is 5.69 Å². The minimum atomic E-state index is 0.519. The number of aldehydes is 1. The molecule has 0 atom stereocenters. The van der Waals surface area contributed by atoms with Crippen LogP contribution >= 0.6 is 11.3 Å². The lowest BCUT2D eigenvalue weighted by Gasteiger charge is -2.28. The van der Waals surface area contributed by atoms with Crippen LogP contribution in [0.1, 0.15) is 23.3 Å². The molecule has 1 aliphatic heterocycles. The van der Waals surface area contributed by atoms with E-state index in [1.807, 2.05) is 0 Å². The molecule has 0 saturated carbocycles. The van der Waals surface area contributed by atoms with Gasteiger partial charge in [-0.05, 0) is 40.0 Å². The minimum absolute atomic E-state index is 0.519. The van der Waals surface area contributed by atoms with E-state index in [2.05, 4.69) is 29.3 Å². The van der Waals surface area contributed by atoms with Gasteiger partial charge in [-0.3, -0.25) is 4.79 Å². The first-order valence-corrected chi connectivity index (χ1v) is 6.39. The Morgan fingerprint density at radius 2 is 2.25 bits per heavy atom. The third-order valence-electron chi connectivity index (χ3n) is 2.70. The summed E-state index contributed by atoms with van der Waals surface area (Å²) in [4.78, 5) is 15.9. The predicted octanol–water partition coefficient (Wildman–Crippen LogP) is 1.26. The molecular weight excluding hydrogens is 222 g/mol. The first kappa shape index (κ1) is 13.3. The number of nitrogens with zero attached hydrogens (tertiary/aromatic N) is 2. The first-order chi connectivity index (χ1) is 7.76. The quantitative estimate of drug-likeness (QED) is 0.792. The van der Waals surface area contributed by atoms with E-state index in [1.165, 1.54) is 37.3 Å². The van der Waals surface area contributed by atoms with Crippen molar-refractivity contribution < 1.29 is 4.79 Å². The van der Waals surface area contributed by atoms with Crippen LogP contribution in [0.4, 0.5) is 0 Å². The van der Waals surface area contributed by atoms with E-state index < -0.39 is 0 Å². The highest BCUT2D eigenvalue weighted by Crippen LogP contribution is 2.06. The van der Waals surface area contributed by atoms with E-state index in [1.54, 1.807) is 10.9 Å². The molecule has 2 heterocycles. The molecule has 0 amide bonds. The number of piperidine rings is 1. The summed E-state index contributed by atoms with van der Waals surface area (Å²) in [7, 11) is 4.24. The summed E-state index contributed by atoms with van der Waals surface area (Å²) in [5.74, 6) is 0. The van der Waals surface area contributed by atoms with Crippen LogP contribution in [-0.4, -0.2) is 49.4 Å². The van der Waals surface area contributed by atoms with Gasteiger partial charge < -0.3 is 10.2 Å². The van der Waals surface area contributed by atoms with Gasteiger partial charge in [-0.25, -0.2) is 4.98 Å². The lowest BCUT2D eigenvalue weighted by atomic mass is 10.1. The molecule has 16 heavy (non-hydrogen) atoms. The lowest BCUT2D eigenvalue weighted by Crippen LogP contribution is -2.39. The van der Waals surface area contributed by atoms with Crippen molar-refractivity contribution >= 4 is 17.6 Å². The van der Waals surface area contributed by atoms with E-state index in [9.17, 15) is 4.79 Å². The molecule has 1 fully saturated rings. The zero-order valence-electron chi connectivity index (χ0n) is 9.85. The summed E-state index contributed by atoms with van der Waals surface area (Å²) >= 11 is 1.42. The smallest absolute Gasteiger partial charge is 0.169 e. The zero-order chi connectivity index (χ0) is 11.8. The molecular formula is C11H19N3OS. The Hall–Kier alpha value is -0.780. The molecule has 1 aliphatic rings. The Balaban J connectivity index is 0.000000165. The van der Waals surface area contributed by atoms with E-state index in [0.717, 1.165) is 12.3 Å². The first-order valence-electron chi connectivity index (χ1n) is 5.45. The monoisotopic (exact) mass is 241 g/mol. The van der Waals surface area contributed by atoms with Crippen molar-refractivity contribution in [3.05, 3.63) is 16.6 Å². The standard InChI is InChI=1S/C7H16N2.C4H3NOS/c1-8-7-3-5-9(2)6-4-7;6-1-4-2-7-3-5-4/h7-8H,3-6H2,1-2H3;1-3H. The zero-order valence-corrected chi connectivity index (χ0v) is 10.7. The van der Waals surface area contributed by atoms with Gasteiger partial charge in [-0.1, -0.05) is 0 Å². The highest BCUT2D eigenvalue weighted by atomic mass is 32.1. The Kier molecular flexibility index (Phi) is 6.22. The number of hydrogen-bond donors (Lipinski definition) is 1. The molecule has 4 nitrogen and oxygen atoms in total. The second-order valence-electron chi connectivity index (χ2n) is 3.90. The number of hydrogen-bond acceptors (Lipinski definition) is 5. The van der Waals surface area contributed by atoms with Crippen molar-refractivity contribution in [3.63, 3.8) is 0 Å². The van der Waals surface area contributed by atoms with Crippen LogP contribution in [0.2, 0.25) is 0 Å². The summed E-state index contributed by atoms with van der Waals surface area (Å²) in [5.41, 5.74) is 2.15. The summed E-state index contributed by atoms with van der Waals surface area (Å²) < 4.78 is 0. The van der Waals surface area contributed by atoms with E-state index in [-0.39, 0.29) is 0 Å². The molecule has 5 heteroatoms. The van der Waals surface area contributed by atoms with Crippen molar-refractivity contribution in [1.29, 1.82) is 0 Å². The van der Waals surface area contributed by atoms with Crippen LogP contribution in [0.5, 0.6) is 0 Å². The van der Waals surface area contributed by atoms with Gasteiger partial charge in [0.2, 0.25) is 0 Å². The molecule has 0 aliphatic carbocycles. The molecule has 1 saturated heterocycles. The number of likely N-dealkylation sites (tertiary alicyclic amines) is 1. The van der Waals surface area contributed by atoms with Gasteiger partial charge in [0.05, 0.1) is 5.51 Å². The lowest BCUT2D eigenvalue weighted by molar-refractivity contribution is 0.111. The molecule has 0 unspecified atom stereocenters. The van der Waals surface area contributed by atoms with Gasteiger partial charge >= 0.3 is 0 Å². The van der Waals surface area contributed by atoms with Crippen molar-refractivity contribution in [2.45, 2.75) is 18.9 Å². The molecule has 0 radical (unpaired) electrons. The van der Waals surface area contributed by atoms with Crippen molar-refractivity contribution in [3.8, 4) is 0 Å². The molecule has 90 valence electrons. The second-order valence-corrected chi connectivity index (χ2v) is 4.62. The van der Waals surface area contributed by atoms with Crippen molar-refractivity contribution in [2.24, 2.45) is 0 Å². The molecule has 1 N–H and O–H groups in total. The fraction of sp³-hybridized carbons (Fsp3) is 0.636.